The van der Waals surface area contributed by atoms with E-state index >= 15 is 0 Å². The molecule has 2 aliphatic heterocycles. The van der Waals surface area contributed by atoms with Crippen molar-refractivity contribution in [3.8, 4) is 17.6 Å². The molecule has 2 fully saturated rings. The summed E-state index contributed by atoms with van der Waals surface area (Å²) in [6.07, 6.45) is 1.95. The monoisotopic (exact) mass is 509 g/mol. The first-order chi connectivity index (χ1) is 18.6. The molecule has 3 aromatic carbocycles. The number of ether oxygens (including phenoxy) is 1. The Morgan fingerprint density at radius 2 is 1.61 bits per heavy atom. The van der Waals surface area contributed by atoms with E-state index in [-0.39, 0.29) is 30.6 Å². The Bertz CT molecular complexity index is 1280. The normalized spacial score (nSPS) is 21.1. The Morgan fingerprint density at radius 1 is 0.947 bits per heavy atom. The van der Waals surface area contributed by atoms with Crippen molar-refractivity contribution in [1.29, 1.82) is 0 Å². The van der Waals surface area contributed by atoms with Gasteiger partial charge in [-0.3, -0.25) is 9.80 Å². The van der Waals surface area contributed by atoms with Gasteiger partial charge in [0.25, 0.3) is 0 Å². The first-order valence-corrected chi connectivity index (χ1v) is 13.3. The van der Waals surface area contributed by atoms with Crippen LogP contribution in [0.3, 0.4) is 0 Å². The van der Waals surface area contributed by atoms with E-state index in [2.05, 4.69) is 41.0 Å². The Kier molecular flexibility index (Phi) is 7.97. The molecule has 6 heteroatoms. The number of fused-ring (bicyclic) bond motifs is 1. The number of urea groups is 1. The van der Waals surface area contributed by atoms with E-state index in [0.717, 1.165) is 48.5 Å². The minimum Gasteiger partial charge on any atom is -0.497 e. The third-order valence-electron chi connectivity index (χ3n) is 7.81. The third-order valence-corrected chi connectivity index (χ3v) is 7.81. The number of anilines is 1. The molecule has 3 atom stereocenters. The van der Waals surface area contributed by atoms with Crippen LogP contribution in [0.5, 0.6) is 5.75 Å². The Balaban J connectivity index is 1.32. The minimum atomic E-state index is -0.00486. The van der Waals surface area contributed by atoms with Crippen LogP contribution in [0.25, 0.3) is 0 Å². The number of methoxy groups -OCH3 is 1. The minimum absolute atomic E-state index is 0.00486. The first-order valence-electron chi connectivity index (χ1n) is 13.3. The predicted molar refractivity (Wildman–Crippen MR) is 151 cm³/mol. The number of amides is 2. The molecule has 3 aromatic rings. The molecule has 2 saturated heterocycles. The SMILES string of the molecule is COc1ccc(N(C)C(=O)N2CCCCN3[C@H](CO)C(c4ccc(C#Cc5ccccc5)cc4)[C@@H]3C2)cc1. The summed E-state index contributed by atoms with van der Waals surface area (Å²) in [5, 5.41) is 10.3. The zero-order valence-corrected chi connectivity index (χ0v) is 22.1. The van der Waals surface area contributed by atoms with E-state index in [1.54, 1.807) is 12.0 Å². The van der Waals surface area contributed by atoms with Crippen LogP contribution in [0.15, 0.2) is 78.9 Å². The third kappa shape index (κ3) is 5.40. The van der Waals surface area contributed by atoms with E-state index in [1.165, 1.54) is 5.56 Å². The van der Waals surface area contributed by atoms with E-state index in [0.29, 0.717) is 6.54 Å². The van der Waals surface area contributed by atoms with Gasteiger partial charge in [-0.2, -0.15) is 0 Å². The first kappa shape index (κ1) is 25.8. The Morgan fingerprint density at radius 3 is 2.26 bits per heavy atom. The number of hydrogen-bond acceptors (Lipinski definition) is 4. The van der Waals surface area contributed by atoms with Crippen molar-refractivity contribution < 1.29 is 14.6 Å². The summed E-state index contributed by atoms with van der Waals surface area (Å²) in [4.78, 5) is 19.6. The quantitative estimate of drug-likeness (QED) is 0.524. The van der Waals surface area contributed by atoms with Crippen LogP contribution in [0, 0.1) is 11.8 Å². The topological polar surface area (TPSA) is 56.2 Å². The molecule has 0 aromatic heterocycles. The fraction of sp³-hybridized carbons (Fsp3) is 0.344. The molecule has 2 heterocycles. The average molecular weight is 510 g/mol. The lowest BCUT2D eigenvalue weighted by Crippen LogP contribution is -2.68. The zero-order chi connectivity index (χ0) is 26.5. The van der Waals surface area contributed by atoms with Crippen molar-refractivity contribution >= 4 is 11.7 Å². The lowest BCUT2D eigenvalue weighted by atomic mass is 9.74. The summed E-state index contributed by atoms with van der Waals surface area (Å²) < 4.78 is 5.26. The van der Waals surface area contributed by atoms with Gasteiger partial charge in [0, 0.05) is 55.0 Å². The van der Waals surface area contributed by atoms with Gasteiger partial charge in [0.15, 0.2) is 0 Å². The van der Waals surface area contributed by atoms with Gasteiger partial charge in [0.05, 0.1) is 13.7 Å². The molecule has 6 nitrogen and oxygen atoms in total. The van der Waals surface area contributed by atoms with Crippen molar-refractivity contribution in [1.82, 2.24) is 9.80 Å². The second-order valence-corrected chi connectivity index (χ2v) is 10.0. The molecule has 0 bridgehead atoms. The molecule has 1 N–H and O–H groups in total. The van der Waals surface area contributed by atoms with Gasteiger partial charge in [0.1, 0.15) is 5.75 Å². The van der Waals surface area contributed by atoms with Crippen LogP contribution >= 0.6 is 0 Å². The Labute approximate surface area is 225 Å². The highest BCUT2D eigenvalue weighted by Gasteiger charge is 2.49. The fourth-order valence-electron chi connectivity index (χ4n) is 5.70. The largest absolute Gasteiger partial charge is 0.497 e. The summed E-state index contributed by atoms with van der Waals surface area (Å²) in [5.74, 6) is 7.38. The summed E-state index contributed by atoms with van der Waals surface area (Å²) in [6.45, 7) is 2.42. The molecule has 0 aliphatic carbocycles. The smallest absolute Gasteiger partial charge is 0.324 e. The summed E-state index contributed by atoms with van der Waals surface area (Å²) >= 11 is 0. The van der Waals surface area contributed by atoms with Crippen molar-refractivity contribution in [3.63, 3.8) is 0 Å². The maximum absolute atomic E-state index is 13.6. The number of carbonyl (C=O) groups excluding carboxylic acids is 1. The number of carbonyl (C=O) groups is 1. The summed E-state index contributed by atoms with van der Waals surface area (Å²) in [5.41, 5.74) is 3.97. The predicted octanol–water partition coefficient (Wildman–Crippen LogP) is 4.58. The van der Waals surface area contributed by atoms with Gasteiger partial charge < -0.3 is 14.7 Å². The summed E-state index contributed by atoms with van der Waals surface area (Å²) in [7, 11) is 3.46. The lowest BCUT2D eigenvalue weighted by molar-refractivity contribution is -0.0587. The van der Waals surface area contributed by atoms with Crippen LogP contribution in [-0.2, 0) is 0 Å². The van der Waals surface area contributed by atoms with E-state index < -0.39 is 0 Å². The maximum Gasteiger partial charge on any atom is 0.324 e. The van der Waals surface area contributed by atoms with Gasteiger partial charge >= 0.3 is 6.03 Å². The molecular formula is C32H35N3O3. The van der Waals surface area contributed by atoms with Gasteiger partial charge in [0.2, 0.25) is 0 Å². The van der Waals surface area contributed by atoms with Crippen LogP contribution in [0.2, 0.25) is 0 Å². The van der Waals surface area contributed by atoms with E-state index in [9.17, 15) is 9.90 Å². The lowest BCUT2D eigenvalue weighted by Gasteiger charge is -2.57. The highest BCUT2D eigenvalue weighted by atomic mass is 16.5. The second kappa shape index (κ2) is 11.7. The molecule has 38 heavy (non-hydrogen) atoms. The molecule has 0 saturated carbocycles. The van der Waals surface area contributed by atoms with Crippen molar-refractivity contribution in [2.75, 3.05) is 45.3 Å². The molecule has 1 unspecified atom stereocenters. The van der Waals surface area contributed by atoms with Gasteiger partial charge in [-0.25, -0.2) is 4.79 Å². The van der Waals surface area contributed by atoms with Crippen molar-refractivity contribution in [2.24, 2.45) is 0 Å². The number of nitrogens with zero attached hydrogens (tertiary/aromatic N) is 3. The van der Waals surface area contributed by atoms with Crippen molar-refractivity contribution in [3.05, 3.63) is 95.6 Å². The fourth-order valence-corrected chi connectivity index (χ4v) is 5.70. The van der Waals surface area contributed by atoms with Crippen LogP contribution in [0.1, 0.15) is 35.4 Å². The van der Waals surface area contributed by atoms with Crippen LogP contribution in [-0.4, -0.2) is 73.4 Å². The highest BCUT2D eigenvalue weighted by molar-refractivity contribution is 5.91. The number of hydrogen-bond donors (Lipinski definition) is 1. The van der Waals surface area contributed by atoms with Gasteiger partial charge in [-0.15, -0.1) is 0 Å². The molecule has 5 rings (SSSR count). The summed E-state index contributed by atoms with van der Waals surface area (Å²) in [6, 6.07) is 26.1. The van der Waals surface area contributed by atoms with E-state index in [1.807, 2.05) is 66.5 Å². The standard InChI is InChI=1S/C32H35N3O3/c1-33(27-16-18-28(38-2)19-17-27)32(37)34-20-6-7-21-35-29(22-34)31(30(35)23-36)26-14-12-25(13-15-26)11-10-24-8-4-3-5-9-24/h3-5,8-9,12-19,29-31,36H,6-7,20-23H2,1-2H3/t29-,30+,31?/m0/s1. The number of rotatable bonds is 4. The molecule has 196 valence electrons. The maximum atomic E-state index is 13.6. The number of benzene rings is 3. The second-order valence-electron chi connectivity index (χ2n) is 10.0. The van der Waals surface area contributed by atoms with Gasteiger partial charge in [-0.05, 0) is 73.5 Å². The van der Waals surface area contributed by atoms with Crippen LogP contribution < -0.4 is 9.64 Å². The zero-order valence-electron chi connectivity index (χ0n) is 22.1. The number of aliphatic hydroxyl groups excluding tert-OH is 1. The molecular weight excluding hydrogens is 474 g/mol. The molecule has 2 aliphatic rings. The average Bonchev–Trinajstić information content (AvgIpc) is 2.95. The molecule has 0 spiro atoms. The highest BCUT2D eigenvalue weighted by Crippen LogP contribution is 2.42. The molecule has 2 amide bonds. The molecule has 0 radical (unpaired) electrons. The van der Waals surface area contributed by atoms with Crippen LogP contribution in [0.4, 0.5) is 10.5 Å². The Hall–Kier alpha value is -3.79. The van der Waals surface area contributed by atoms with E-state index in [4.69, 9.17) is 4.74 Å². The number of aliphatic hydroxyl groups is 1. The van der Waals surface area contributed by atoms with Crippen molar-refractivity contribution in [2.45, 2.75) is 30.8 Å². The van der Waals surface area contributed by atoms with Gasteiger partial charge in [-0.1, -0.05) is 42.2 Å².